The Kier molecular flexibility index (Phi) is 3.74. The fourth-order valence-electron chi connectivity index (χ4n) is 3.82. The zero-order valence-corrected chi connectivity index (χ0v) is 14.4. The molecular formula is C19H23N2OS+. The molecule has 0 unspecified atom stereocenters. The smallest absolute Gasteiger partial charge is 0.280 e. The lowest BCUT2D eigenvalue weighted by atomic mass is 10.1. The van der Waals surface area contributed by atoms with Crippen molar-refractivity contribution in [3.05, 3.63) is 52.2 Å². The van der Waals surface area contributed by atoms with Gasteiger partial charge in [0.15, 0.2) is 6.54 Å². The summed E-state index contributed by atoms with van der Waals surface area (Å²) in [5, 5.41) is 13.6. The van der Waals surface area contributed by atoms with Gasteiger partial charge in [-0.2, -0.15) is 0 Å². The molecule has 23 heavy (non-hydrogen) atoms. The van der Waals surface area contributed by atoms with Gasteiger partial charge in [0.1, 0.15) is 5.69 Å². The average Bonchev–Trinajstić information content (AvgIpc) is 3.09. The largest absolute Gasteiger partial charge is 0.346 e. The van der Waals surface area contributed by atoms with Crippen LogP contribution in [0, 0.1) is 6.92 Å². The molecule has 1 aromatic heterocycles. The Morgan fingerprint density at radius 2 is 2.09 bits per heavy atom. The van der Waals surface area contributed by atoms with Crippen molar-refractivity contribution in [2.24, 2.45) is 0 Å². The third-order valence-corrected chi connectivity index (χ3v) is 5.97. The molecule has 0 aliphatic carbocycles. The first kappa shape index (κ1) is 14.9. The summed E-state index contributed by atoms with van der Waals surface area (Å²) in [6.45, 7) is 3.68. The van der Waals surface area contributed by atoms with Gasteiger partial charge < -0.3 is 5.11 Å². The van der Waals surface area contributed by atoms with Gasteiger partial charge in [-0.15, -0.1) is 11.3 Å². The number of amidine groups is 1. The first-order valence-corrected chi connectivity index (χ1v) is 9.30. The topological polar surface area (TPSA) is 26.5 Å². The lowest BCUT2D eigenvalue weighted by Gasteiger charge is -2.21. The molecule has 120 valence electrons. The van der Waals surface area contributed by atoms with Gasteiger partial charge in [-0.1, -0.05) is 18.2 Å². The summed E-state index contributed by atoms with van der Waals surface area (Å²) in [6.07, 6.45) is 4.64. The van der Waals surface area contributed by atoms with Gasteiger partial charge in [0.2, 0.25) is 0 Å². The van der Waals surface area contributed by atoms with Crippen LogP contribution in [-0.4, -0.2) is 28.6 Å². The van der Waals surface area contributed by atoms with Crippen LogP contribution >= 0.6 is 11.3 Å². The molecule has 0 fully saturated rings. The van der Waals surface area contributed by atoms with E-state index >= 15 is 0 Å². The molecule has 2 aliphatic heterocycles. The zero-order valence-electron chi connectivity index (χ0n) is 13.5. The van der Waals surface area contributed by atoms with Gasteiger partial charge in [-0.3, -0.25) is 0 Å². The normalized spacial score (nSPS) is 24.7. The van der Waals surface area contributed by atoms with E-state index in [1.54, 1.807) is 11.3 Å². The summed E-state index contributed by atoms with van der Waals surface area (Å²) in [5.74, 6) is 1.28. The number of rotatable bonds is 2. The van der Waals surface area contributed by atoms with Gasteiger partial charge in [0, 0.05) is 6.42 Å². The number of aliphatic hydroxyl groups is 1. The molecule has 3 heterocycles. The second kappa shape index (κ2) is 5.77. The standard InChI is InChI=1S/C19H23N2OS/c1-15-7-5-8-16(13-15)20-14-19(22,17-9-6-12-23-17)21-11-4-2-3-10-18(20)21/h5-9,12-13,22H,2-4,10-11,14H2,1H3/q+1/t19-/m1/s1. The van der Waals surface area contributed by atoms with Crippen molar-refractivity contribution < 1.29 is 9.68 Å². The number of β-amino-alcohol motifs (C(OH)–C–C–N with tert-alkyl or cyclic N) is 1. The van der Waals surface area contributed by atoms with Gasteiger partial charge in [-0.05, 0) is 55.3 Å². The molecule has 0 saturated heterocycles. The highest BCUT2D eigenvalue weighted by Crippen LogP contribution is 2.37. The molecule has 0 bridgehead atoms. The monoisotopic (exact) mass is 327 g/mol. The quantitative estimate of drug-likeness (QED) is 0.851. The Morgan fingerprint density at radius 3 is 2.87 bits per heavy atom. The Morgan fingerprint density at radius 1 is 1.17 bits per heavy atom. The average molecular weight is 327 g/mol. The van der Waals surface area contributed by atoms with Crippen molar-refractivity contribution in [2.75, 3.05) is 18.0 Å². The molecule has 1 atom stereocenters. The van der Waals surface area contributed by atoms with Crippen LogP contribution in [0.15, 0.2) is 41.8 Å². The van der Waals surface area contributed by atoms with Gasteiger partial charge in [0.25, 0.3) is 11.6 Å². The van der Waals surface area contributed by atoms with E-state index in [2.05, 4.69) is 52.1 Å². The van der Waals surface area contributed by atoms with Gasteiger partial charge >= 0.3 is 0 Å². The SMILES string of the molecule is Cc1cccc(N2C[C@@](O)(c3cccs3)[N+]3=C2CCCCC3)c1. The first-order valence-electron chi connectivity index (χ1n) is 8.42. The van der Waals surface area contributed by atoms with Crippen molar-refractivity contribution >= 4 is 22.9 Å². The van der Waals surface area contributed by atoms with Crippen molar-refractivity contribution in [1.82, 2.24) is 0 Å². The molecule has 0 radical (unpaired) electrons. The maximum atomic E-state index is 11.5. The lowest BCUT2D eigenvalue weighted by molar-refractivity contribution is -0.657. The fraction of sp³-hybridized carbons (Fsp3) is 0.421. The molecule has 0 spiro atoms. The molecule has 1 N–H and O–H groups in total. The summed E-state index contributed by atoms with van der Waals surface area (Å²) in [7, 11) is 0. The van der Waals surface area contributed by atoms with E-state index in [0.717, 1.165) is 24.3 Å². The Labute approximate surface area is 141 Å². The lowest BCUT2D eigenvalue weighted by Crippen LogP contribution is -2.40. The highest BCUT2D eigenvalue weighted by Gasteiger charge is 2.52. The molecule has 4 rings (SSSR count). The van der Waals surface area contributed by atoms with Gasteiger partial charge in [0.05, 0.1) is 11.4 Å². The summed E-state index contributed by atoms with van der Waals surface area (Å²) in [4.78, 5) is 3.38. The van der Waals surface area contributed by atoms with Crippen LogP contribution in [0.4, 0.5) is 5.69 Å². The molecule has 3 nitrogen and oxygen atoms in total. The second-order valence-electron chi connectivity index (χ2n) is 6.60. The molecule has 1 aromatic carbocycles. The minimum Gasteiger partial charge on any atom is -0.346 e. The number of thiophene rings is 1. The van der Waals surface area contributed by atoms with Crippen molar-refractivity contribution in [3.8, 4) is 0 Å². The maximum Gasteiger partial charge on any atom is 0.280 e. The number of hydrogen-bond acceptors (Lipinski definition) is 3. The highest BCUT2D eigenvalue weighted by molar-refractivity contribution is 7.10. The first-order chi connectivity index (χ1) is 11.2. The van der Waals surface area contributed by atoms with Gasteiger partial charge in [-0.25, -0.2) is 9.48 Å². The van der Waals surface area contributed by atoms with E-state index in [-0.39, 0.29) is 0 Å². The number of benzene rings is 1. The van der Waals surface area contributed by atoms with Crippen molar-refractivity contribution in [3.63, 3.8) is 0 Å². The van der Waals surface area contributed by atoms with E-state index < -0.39 is 5.72 Å². The number of nitrogens with zero attached hydrogens (tertiary/aromatic N) is 2. The third-order valence-electron chi connectivity index (χ3n) is 4.96. The van der Waals surface area contributed by atoms with E-state index in [4.69, 9.17) is 0 Å². The molecule has 0 amide bonds. The summed E-state index contributed by atoms with van der Waals surface area (Å²) >= 11 is 1.65. The van der Waals surface area contributed by atoms with Crippen LogP contribution in [0.2, 0.25) is 0 Å². The molecule has 2 aliphatic rings. The van der Waals surface area contributed by atoms with Crippen LogP contribution in [0.5, 0.6) is 0 Å². The van der Waals surface area contributed by atoms with Crippen LogP contribution in [-0.2, 0) is 5.72 Å². The zero-order chi connectivity index (χ0) is 15.9. The van der Waals surface area contributed by atoms with E-state index in [1.165, 1.54) is 29.9 Å². The van der Waals surface area contributed by atoms with E-state index in [0.29, 0.717) is 6.54 Å². The summed E-state index contributed by atoms with van der Waals surface area (Å²) in [5.41, 5.74) is 1.56. The third kappa shape index (κ3) is 2.50. The Balaban J connectivity index is 1.82. The van der Waals surface area contributed by atoms with E-state index in [1.807, 2.05) is 6.07 Å². The highest BCUT2D eigenvalue weighted by atomic mass is 32.1. The number of hydrogen-bond donors (Lipinski definition) is 1. The van der Waals surface area contributed by atoms with Crippen LogP contribution in [0.25, 0.3) is 0 Å². The summed E-state index contributed by atoms with van der Waals surface area (Å²) < 4.78 is 2.26. The number of aryl methyl sites for hydroxylation is 1. The molecule has 2 aromatic rings. The van der Waals surface area contributed by atoms with Crippen molar-refractivity contribution in [2.45, 2.75) is 38.3 Å². The van der Waals surface area contributed by atoms with Crippen LogP contribution in [0.3, 0.4) is 0 Å². The Bertz CT molecular complexity index is 738. The van der Waals surface area contributed by atoms with Crippen molar-refractivity contribution in [1.29, 1.82) is 0 Å². The Hall–Kier alpha value is -1.65. The van der Waals surface area contributed by atoms with Crippen LogP contribution < -0.4 is 4.90 Å². The predicted octanol–water partition coefficient (Wildman–Crippen LogP) is 3.71. The molecule has 4 heteroatoms. The van der Waals surface area contributed by atoms with E-state index in [9.17, 15) is 5.11 Å². The fourth-order valence-corrected chi connectivity index (χ4v) is 4.65. The minimum absolute atomic E-state index is 0.617. The maximum absolute atomic E-state index is 11.5. The molecule has 0 saturated carbocycles. The second-order valence-corrected chi connectivity index (χ2v) is 7.55. The molecular weight excluding hydrogens is 304 g/mol. The predicted molar refractivity (Wildman–Crippen MR) is 95.3 cm³/mol. The van der Waals surface area contributed by atoms with Crippen LogP contribution in [0.1, 0.15) is 36.1 Å². The minimum atomic E-state index is -0.891. The number of anilines is 1. The summed E-state index contributed by atoms with van der Waals surface area (Å²) in [6, 6.07) is 12.7.